The number of hydrogen-bond acceptors (Lipinski definition) is 6. The summed E-state index contributed by atoms with van der Waals surface area (Å²) in [4.78, 5) is 38.1. The van der Waals surface area contributed by atoms with E-state index < -0.39 is 6.10 Å². The third kappa shape index (κ3) is 52.6. The van der Waals surface area contributed by atoms with Crippen LogP contribution in [-0.4, -0.2) is 37.2 Å². The summed E-state index contributed by atoms with van der Waals surface area (Å²) in [6, 6.07) is 0. The molecule has 0 saturated heterocycles. The second-order valence-electron chi connectivity index (χ2n) is 19.6. The second kappa shape index (κ2) is 55.2. The van der Waals surface area contributed by atoms with Gasteiger partial charge in [-0.3, -0.25) is 14.4 Å². The van der Waals surface area contributed by atoms with E-state index in [0.717, 1.165) is 70.6 Å². The van der Waals surface area contributed by atoms with Gasteiger partial charge in [0.25, 0.3) is 0 Å². The minimum Gasteiger partial charge on any atom is -0.462 e. The molecule has 1 unspecified atom stereocenters. The van der Waals surface area contributed by atoms with Crippen LogP contribution in [0.25, 0.3) is 0 Å². The topological polar surface area (TPSA) is 78.9 Å². The van der Waals surface area contributed by atoms with Crippen molar-refractivity contribution >= 4 is 17.9 Å². The van der Waals surface area contributed by atoms with E-state index >= 15 is 0 Å². The summed E-state index contributed by atoms with van der Waals surface area (Å²) in [6.07, 6.45) is 65.7. The Hall–Kier alpha value is -2.37. The zero-order chi connectivity index (χ0) is 47.9. The van der Waals surface area contributed by atoms with Crippen molar-refractivity contribution in [2.45, 2.75) is 316 Å². The van der Waals surface area contributed by atoms with E-state index in [9.17, 15) is 14.4 Å². The molecular weight excluding hydrogens is 817 g/mol. The third-order valence-electron chi connectivity index (χ3n) is 12.9. The van der Waals surface area contributed by atoms with Crippen LogP contribution < -0.4 is 0 Å². The monoisotopic (exact) mass is 927 g/mol. The molecular formula is C60H110O6. The van der Waals surface area contributed by atoms with E-state index in [1.165, 1.54) is 199 Å². The van der Waals surface area contributed by atoms with Crippen LogP contribution >= 0.6 is 0 Å². The van der Waals surface area contributed by atoms with Crippen LogP contribution in [0.5, 0.6) is 0 Å². The van der Waals surface area contributed by atoms with Crippen molar-refractivity contribution in [3.8, 4) is 0 Å². The summed E-state index contributed by atoms with van der Waals surface area (Å²) < 4.78 is 16.8. The first-order valence-corrected chi connectivity index (χ1v) is 29.0. The lowest BCUT2D eigenvalue weighted by Crippen LogP contribution is -2.30. The normalized spacial score (nSPS) is 12.2. The third-order valence-corrected chi connectivity index (χ3v) is 12.9. The van der Waals surface area contributed by atoms with E-state index in [2.05, 4.69) is 57.2 Å². The van der Waals surface area contributed by atoms with Crippen molar-refractivity contribution < 1.29 is 28.6 Å². The quantitative estimate of drug-likeness (QED) is 0.0199. The predicted molar refractivity (Wildman–Crippen MR) is 284 cm³/mol. The van der Waals surface area contributed by atoms with Gasteiger partial charge >= 0.3 is 17.9 Å². The number of carbonyl (C=O) groups excluding carboxylic acids is 3. The fourth-order valence-electron chi connectivity index (χ4n) is 8.48. The number of carbonyl (C=O) groups is 3. The predicted octanol–water partition coefficient (Wildman–Crippen LogP) is 19.3. The van der Waals surface area contributed by atoms with Gasteiger partial charge in [0.15, 0.2) is 6.10 Å². The lowest BCUT2D eigenvalue weighted by molar-refractivity contribution is -0.167. The Morgan fingerprint density at radius 3 is 0.909 bits per heavy atom. The molecule has 0 heterocycles. The van der Waals surface area contributed by atoms with Gasteiger partial charge in [-0.25, -0.2) is 0 Å². The summed E-state index contributed by atoms with van der Waals surface area (Å²) >= 11 is 0. The SMILES string of the molecule is CCCC/C=C\C=C/CCCCCC(=O)OCC(COC(=O)CCCCCCCCC/C=C\CCCCCCCCCC)OC(=O)CCCCCCCCCCCCCCCCCCCC. The Bertz CT molecular complexity index is 1110. The van der Waals surface area contributed by atoms with Crippen LogP contribution in [0.3, 0.4) is 0 Å². The van der Waals surface area contributed by atoms with Crippen LogP contribution in [0.4, 0.5) is 0 Å². The Morgan fingerprint density at radius 1 is 0.303 bits per heavy atom. The molecule has 0 saturated carbocycles. The zero-order valence-electron chi connectivity index (χ0n) is 44.2. The van der Waals surface area contributed by atoms with E-state index in [1.807, 2.05) is 0 Å². The molecule has 0 radical (unpaired) electrons. The van der Waals surface area contributed by atoms with Crippen LogP contribution in [0.1, 0.15) is 310 Å². The van der Waals surface area contributed by atoms with Gasteiger partial charge in [0.2, 0.25) is 0 Å². The molecule has 0 spiro atoms. The lowest BCUT2D eigenvalue weighted by atomic mass is 10.0. The molecule has 6 nitrogen and oxygen atoms in total. The van der Waals surface area contributed by atoms with E-state index in [1.54, 1.807) is 0 Å². The fraction of sp³-hybridized carbons (Fsp3) is 0.850. The van der Waals surface area contributed by atoms with Gasteiger partial charge < -0.3 is 14.2 Å². The first-order chi connectivity index (χ1) is 32.5. The lowest BCUT2D eigenvalue weighted by Gasteiger charge is -2.18. The van der Waals surface area contributed by atoms with Crippen molar-refractivity contribution in [3.63, 3.8) is 0 Å². The highest BCUT2D eigenvalue weighted by Gasteiger charge is 2.19. The summed E-state index contributed by atoms with van der Waals surface area (Å²) in [5, 5.41) is 0. The summed E-state index contributed by atoms with van der Waals surface area (Å²) in [5.41, 5.74) is 0. The Labute approximate surface area is 410 Å². The maximum absolute atomic E-state index is 12.8. The smallest absolute Gasteiger partial charge is 0.306 e. The number of rotatable bonds is 53. The fourth-order valence-corrected chi connectivity index (χ4v) is 8.48. The molecule has 6 heteroatoms. The standard InChI is InChI=1S/C60H110O6/c1-4-7-10-13-16-19-22-24-26-28-30-32-33-35-38-41-44-47-50-53-59(62)65-56-57(55-64-58(61)52-49-46-43-40-37-21-18-15-12-9-6-3)66-60(63)54-51-48-45-42-39-36-34-31-29-27-25-23-20-17-14-11-8-5-2/h15,18,21,28,30,37,57H,4-14,16-17,19-20,22-27,29,31-36,38-56H2,1-3H3/b18-15-,30-28-,37-21-. The molecule has 66 heavy (non-hydrogen) atoms. The first-order valence-electron chi connectivity index (χ1n) is 29.0. The minimum absolute atomic E-state index is 0.0796. The number of hydrogen-bond donors (Lipinski definition) is 0. The average molecular weight is 928 g/mol. The molecule has 0 aliphatic carbocycles. The van der Waals surface area contributed by atoms with Crippen molar-refractivity contribution in [1.82, 2.24) is 0 Å². The zero-order valence-corrected chi connectivity index (χ0v) is 44.2. The molecule has 0 rings (SSSR count). The van der Waals surface area contributed by atoms with Gasteiger partial charge in [-0.05, 0) is 64.2 Å². The van der Waals surface area contributed by atoms with E-state index in [-0.39, 0.29) is 31.1 Å². The maximum atomic E-state index is 12.8. The number of unbranched alkanes of at least 4 members (excludes halogenated alkanes) is 37. The molecule has 0 aromatic heterocycles. The molecule has 0 fully saturated rings. The van der Waals surface area contributed by atoms with Gasteiger partial charge in [-0.15, -0.1) is 0 Å². The van der Waals surface area contributed by atoms with E-state index in [0.29, 0.717) is 19.3 Å². The summed E-state index contributed by atoms with van der Waals surface area (Å²) in [5.74, 6) is -0.896. The number of ether oxygens (including phenoxy) is 3. The highest BCUT2D eigenvalue weighted by Crippen LogP contribution is 2.17. The van der Waals surface area contributed by atoms with Gasteiger partial charge in [0.05, 0.1) is 0 Å². The Morgan fingerprint density at radius 2 is 0.561 bits per heavy atom. The van der Waals surface area contributed by atoms with Gasteiger partial charge in [0.1, 0.15) is 13.2 Å². The van der Waals surface area contributed by atoms with Gasteiger partial charge in [-0.1, -0.05) is 263 Å². The Balaban J connectivity index is 4.30. The molecule has 0 aliphatic heterocycles. The van der Waals surface area contributed by atoms with Gasteiger partial charge in [0, 0.05) is 19.3 Å². The van der Waals surface area contributed by atoms with Crippen molar-refractivity contribution in [2.75, 3.05) is 13.2 Å². The van der Waals surface area contributed by atoms with Crippen molar-refractivity contribution in [3.05, 3.63) is 36.5 Å². The second-order valence-corrected chi connectivity index (χ2v) is 19.6. The Kier molecular flexibility index (Phi) is 53.2. The molecule has 0 aromatic carbocycles. The van der Waals surface area contributed by atoms with Crippen molar-refractivity contribution in [2.24, 2.45) is 0 Å². The molecule has 0 bridgehead atoms. The molecule has 386 valence electrons. The van der Waals surface area contributed by atoms with Crippen LogP contribution in [0.15, 0.2) is 36.5 Å². The van der Waals surface area contributed by atoms with Crippen LogP contribution in [0, 0.1) is 0 Å². The molecule has 0 aromatic rings. The number of esters is 3. The molecule has 0 N–H and O–H groups in total. The summed E-state index contributed by atoms with van der Waals surface area (Å²) in [6.45, 7) is 6.60. The largest absolute Gasteiger partial charge is 0.462 e. The first kappa shape index (κ1) is 63.6. The minimum atomic E-state index is -0.781. The molecule has 1 atom stereocenters. The summed E-state index contributed by atoms with van der Waals surface area (Å²) in [7, 11) is 0. The number of allylic oxidation sites excluding steroid dienone is 6. The maximum Gasteiger partial charge on any atom is 0.306 e. The van der Waals surface area contributed by atoms with E-state index in [4.69, 9.17) is 14.2 Å². The van der Waals surface area contributed by atoms with Crippen LogP contribution in [-0.2, 0) is 28.6 Å². The highest BCUT2D eigenvalue weighted by atomic mass is 16.6. The molecule has 0 amide bonds. The van der Waals surface area contributed by atoms with Crippen molar-refractivity contribution in [1.29, 1.82) is 0 Å². The molecule has 0 aliphatic rings. The van der Waals surface area contributed by atoms with Gasteiger partial charge in [-0.2, -0.15) is 0 Å². The van der Waals surface area contributed by atoms with Crippen LogP contribution in [0.2, 0.25) is 0 Å². The highest BCUT2D eigenvalue weighted by molar-refractivity contribution is 5.71. The average Bonchev–Trinajstić information content (AvgIpc) is 3.31.